The van der Waals surface area contributed by atoms with E-state index in [-0.39, 0.29) is 11.8 Å². The Labute approximate surface area is 132 Å². The average Bonchev–Trinajstić information content (AvgIpc) is 3.02. The summed E-state index contributed by atoms with van der Waals surface area (Å²) in [4.78, 5) is 19.4. The first-order chi connectivity index (χ1) is 9.90. The van der Waals surface area contributed by atoms with Crippen LogP contribution >= 0.6 is 22.7 Å². The minimum absolute atomic E-state index is 0.0168. The Balaban J connectivity index is 1.78. The van der Waals surface area contributed by atoms with Gasteiger partial charge in [0.15, 0.2) is 0 Å². The van der Waals surface area contributed by atoms with E-state index in [1.165, 1.54) is 11.3 Å². The Morgan fingerprint density at radius 1 is 1.48 bits per heavy atom. The molecule has 21 heavy (non-hydrogen) atoms. The molecule has 4 nitrogen and oxygen atoms in total. The third kappa shape index (κ3) is 2.52. The van der Waals surface area contributed by atoms with Crippen molar-refractivity contribution in [3.8, 4) is 10.6 Å². The molecule has 0 radical (unpaired) electrons. The van der Waals surface area contributed by atoms with E-state index in [2.05, 4.69) is 4.98 Å². The van der Waals surface area contributed by atoms with Crippen LogP contribution in [0.1, 0.15) is 29.2 Å². The van der Waals surface area contributed by atoms with Crippen LogP contribution in [0.4, 0.5) is 0 Å². The number of β-amino-alcohol motifs (C(OH)–C–C–N with tert-alkyl or cyclic N) is 1. The summed E-state index contributed by atoms with van der Waals surface area (Å²) in [6.07, 6.45) is 0. The van der Waals surface area contributed by atoms with Crippen LogP contribution in [0.5, 0.6) is 0 Å². The van der Waals surface area contributed by atoms with Crippen molar-refractivity contribution in [1.29, 1.82) is 0 Å². The average molecular weight is 322 g/mol. The van der Waals surface area contributed by atoms with Crippen molar-refractivity contribution in [2.75, 3.05) is 13.1 Å². The highest BCUT2D eigenvalue weighted by molar-refractivity contribution is 7.17. The van der Waals surface area contributed by atoms with Gasteiger partial charge in [-0.25, -0.2) is 4.98 Å². The van der Waals surface area contributed by atoms with Crippen LogP contribution in [0.25, 0.3) is 10.6 Å². The summed E-state index contributed by atoms with van der Waals surface area (Å²) in [7, 11) is 0. The number of hydrogen-bond donors (Lipinski definition) is 1. The summed E-state index contributed by atoms with van der Waals surface area (Å²) in [5, 5.41) is 15.2. The summed E-state index contributed by atoms with van der Waals surface area (Å²) in [6, 6.07) is 2.01. The summed E-state index contributed by atoms with van der Waals surface area (Å²) in [5.74, 6) is 0.141. The van der Waals surface area contributed by atoms with Crippen molar-refractivity contribution >= 4 is 28.6 Å². The van der Waals surface area contributed by atoms with Gasteiger partial charge in [-0.05, 0) is 24.3 Å². The van der Waals surface area contributed by atoms with Gasteiger partial charge < -0.3 is 10.0 Å². The van der Waals surface area contributed by atoms with Gasteiger partial charge in [0.1, 0.15) is 15.5 Å². The van der Waals surface area contributed by atoms with Crippen LogP contribution in [-0.2, 0) is 0 Å². The van der Waals surface area contributed by atoms with Gasteiger partial charge in [0.25, 0.3) is 5.91 Å². The Morgan fingerprint density at radius 3 is 2.76 bits per heavy atom. The second-order valence-electron chi connectivity index (χ2n) is 5.87. The Kier molecular flexibility index (Phi) is 3.63. The lowest BCUT2D eigenvalue weighted by atomic mass is 9.83. The fourth-order valence-corrected chi connectivity index (χ4v) is 4.12. The molecule has 112 valence electrons. The molecule has 0 saturated carbocycles. The van der Waals surface area contributed by atoms with Crippen LogP contribution in [0.15, 0.2) is 16.8 Å². The number of carbonyl (C=O) groups is 1. The van der Waals surface area contributed by atoms with E-state index in [9.17, 15) is 9.90 Å². The van der Waals surface area contributed by atoms with Gasteiger partial charge in [-0.3, -0.25) is 4.79 Å². The molecule has 2 aromatic heterocycles. The molecule has 1 amide bonds. The van der Waals surface area contributed by atoms with Crippen LogP contribution in [0.3, 0.4) is 0 Å². The zero-order chi connectivity index (χ0) is 15.2. The molecule has 3 rings (SSSR count). The lowest BCUT2D eigenvalue weighted by Gasteiger charge is -2.48. The molecular weight excluding hydrogens is 304 g/mol. The number of carbonyl (C=O) groups excluding carboxylic acids is 1. The van der Waals surface area contributed by atoms with Crippen molar-refractivity contribution in [1.82, 2.24) is 9.88 Å². The molecular formula is C15H18N2O2S2. The number of aliphatic hydroxyl groups is 1. The number of hydrogen-bond acceptors (Lipinski definition) is 5. The van der Waals surface area contributed by atoms with E-state index in [0.717, 1.165) is 16.3 Å². The largest absolute Gasteiger partial charge is 0.386 e. The normalized spacial score (nSPS) is 17.1. The number of nitrogens with zero attached hydrogens (tertiary/aromatic N) is 2. The zero-order valence-corrected chi connectivity index (χ0v) is 13.9. The second kappa shape index (κ2) is 5.19. The minimum Gasteiger partial charge on any atom is -0.386 e. The molecule has 0 aliphatic carbocycles. The molecule has 3 heterocycles. The quantitative estimate of drug-likeness (QED) is 0.945. The summed E-state index contributed by atoms with van der Waals surface area (Å²) in [5.41, 5.74) is 1.10. The zero-order valence-electron chi connectivity index (χ0n) is 12.3. The number of thiazole rings is 1. The predicted octanol–water partition coefficient (Wildman–Crippen LogP) is 3.02. The van der Waals surface area contributed by atoms with Crippen molar-refractivity contribution in [3.63, 3.8) is 0 Å². The highest BCUT2D eigenvalue weighted by atomic mass is 32.1. The van der Waals surface area contributed by atoms with Gasteiger partial charge in [0.2, 0.25) is 0 Å². The van der Waals surface area contributed by atoms with Crippen LogP contribution in [0, 0.1) is 12.8 Å². The van der Waals surface area contributed by atoms with Gasteiger partial charge in [-0.1, -0.05) is 13.8 Å². The summed E-state index contributed by atoms with van der Waals surface area (Å²) >= 11 is 3.06. The smallest absolute Gasteiger partial charge is 0.266 e. The number of thiophene rings is 1. The highest BCUT2D eigenvalue weighted by Crippen LogP contribution is 2.34. The number of aryl methyl sites for hydroxylation is 1. The molecule has 1 saturated heterocycles. The van der Waals surface area contributed by atoms with Gasteiger partial charge in [-0.15, -0.1) is 11.3 Å². The van der Waals surface area contributed by atoms with E-state index >= 15 is 0 Å². The molecule has 0 bridgehead atoms. The van der Waals surface area contributed by atoms with Gasteiger partial charge in [0, 0.05) is 10.9 Å². The lowest BCUT2D eigenvalue weighted by Crippen LogP contribution is -2.65. The first-order valence-corrected chi connectivity index (χ1v) is 8.68. The first kappa shape index (κ1) is 14.7. The van der Waals surface area contributed by atoms with E-state index < -0.39 is 5.60 Å². The third-order valence-electron chi connectivity index (χ3n) is 4.05. The molecule has 0 atom stereocenters. The molecule has 2 aromatic rings. The fraction of sp³-hybridized carbons (Fsp3) is 0.467. The van der Waals surface area contributed by atoms with E-state index in [4.69, 9.17) is 0 Å². The Bertz CT molecular complexity index is 655. The SMILES string of the molecule is Cc1nc(-c2ccsc2)sc1C(=O)N1CC(O)(C(C)C)C1. The van der Waals surface area contributed by atoms with E-state index in [1.54, 1.807) is 16.2 Å². The van der Waals surface area contributed by atoms with Crippen molar-refractivity contribution < 1.29 is 9.90 Å². The predicted molar refractivity (Wildman–Crippen MR) is 85.9 cm³/mol. The van der Waals surface area contributed by atoms with Gasteiger partial charge in [0.05, 0.1) is 18.8 Å². The molecule has 0 unspecified atom stereocenters. The molecule has 0 spiro atoms. The van der Waals surface area contributed by atoms with E-state index in [1.807, 2.05) is 37.6 Å². The van der Waals surface area contributed by atoms with Gasteiger partial charge in [-0.2, -0.15) is 11.3 Å². The molecule has 1 fully saturated rings. The highest BCUT2D eigenvalue weighted by Gasteiger charge is 2.46. The number of amides is 1. The van der Waals surface area contributed by atoms with Crippen LogP contribution in [0.2, 0.25) is 0 Å². The lowest BCUT2D eigenvalue weighted by molar-refractivity contribution is -0.110. The Hall–Kier alpha value is -1.24. The number of rotatable bonds is 3. The molecule has 0 aromatic carbocycles. The van der Waals surface area contributed by atoms with Gasteiger partial charge >= 0.3 is 0 Å². The monoisotopic (exact) mass is 322 g/mol. The standard InChI is InChI=1S/C15H18N2O2S2/c1-9(2)15(19)7-17(8-15)14(18)12-10(3)16-13(21-12)11-4-5-20-6-11/h4-6,9,19H,7-8H2,1-3H3. The van der Waals surface area contributed by atoms with Crippen LogP contribution in [-0.4, -0.2) is 39.6 Å². The molecule has 1 aliphatic rings. The fourth-order valence-electron chi connectivity index (χ4n) is 2.37. The first-order valence-electron chi connectivity index (χ1n) is 6.92. The topological polar surface area (TPSA) is 53.4 Å². The molecule has 6 heteroatoms. The van der Waals surface area contributed by atoms with Crippen molar-refractivity contribution in [2.24, 2.45) is 5.92 Å². The van der Waals surface area contributed by atoms with Crippen LogP contribution < -0.4 is 0 Å². The molecule has 1 N–H and O–H groups in total. The maximum atomic E-state index is 12.5. The third-order valence-corrected chi connectivity index (χ3v) is 5.93. The summed E-state index contributed by atoms with van der Waals surface area (Å²) in [6.45, 7) is 6.65. The maximum Gasteiger partial charge on any atom is 0.266 e. The minimum atomic E-state index is -0.732. The number of likely N-dealkylation sites (tertiary alicyclic amines) is 1. The van der Waals surface area contributed by atoms with E-state index in [0.29, 0.717) is 18.0 Å². The summed E-state index contributed by atoms with van der Waals surface area (Å²) < 4.78 is 0. The number of aromatic nitrogens is 1. The van der Waals surface area contributed by atoms with Crippen molar-refractivity contribution in [2.45, 2.75) is 26.4 Å². The van der Waals surface area contributed by atoms with Crippen molar-refractivity contribution in [3.05, 3.63) is 27.4 Å². The Morgan fingerprint density at radius 2 is 2.19 bits per heavy atom. The molecule has 1 aliphatic heterocycles. The second-order valence-corrected chi connectivity index (χ2v) is 7.64. The maximum absolute atomic E-state index is 12.5.